The zero-order valence-corrected chi connectivity index (χ0v) is 13.5. The van der Waals surface area contributed by atoms with E-state index in [0.717, 1.165) is 13.1 Å². The van der Waals surface area contributed by atoms with Crippen LogP contribution in [0.2, 0.25) is 10.0 Å². The van der Waals surface area contributed by atoms with Gasteiger partial charge in [0.05, 0.1) is 10.0 Å². The summed E-state index contributed by atoms with van der Waals surface area (Å²) in [6.45, 7) is 5.79. The van der Waals surface area contributed by atoms with Crippen molar-refractivity contribution in [3.8, 4) is 0 Å². The second-order valence-electron chi connectivity index (χ2n) is 5.53. The molecule has 1 N–H and O–H groups in total. The van der Waals surface area contributed by atoms with E-state index in [1.807, 2.05) is 18.2 Å². The standard InChI is InChI=1S/C16H24Cl2N2/c17-15-7-6-14(12-16(15)18)13-19-8-2-5-11-20-9-3-1-4-10-20/h6-7,12,19H,1-5,8-11,13H2. The van der Waals surface area contributed by atoms with Gasteiger partial charge in [-0.05, 0) is 69.6 Å². The van der Waals surface area contributed by atoms with Gasteiger partial charge in [0.25, 0.3) is 0 Å². The zero-order valence-electron chi connectivity index (χ0n) is 12.0. The summed E-state index contributed by atoms with van der Waals surface area (Å²) in [6, 6.07) is 5.82. The predicted molar refractivity (Wildman–Crippen MR) is 87.7 cm³/mol. The predicted octanol–water partition coefficient (Wildman–Crippen LogP) is 4.35. The lowest BCUT2D eigenvalue weighted by Crippen LogP contribution is -2.30. The van der Waals surface area contributed by atoms with E-state index >= 15 is 0 Å². The highest BCUT2D eigenvalue weighted by Gasteiger charge is 2.08. The Hall–Kier alpha value is -0.280. The van der Waals surface area contributed by atoms with Crippen molar-refractivity contribution in [3.63, 3.8) is 0 Å². The minimum absolute atomic E-state index is 0.622. The van der Waals surface area contributed by atoms with Gasteiger partial charge in [-0.15, -0.1) is 0 Å². The molecule has 20 heavy (non-hydrogen) atoms. The van der Waals surface area contributed by atoms with Gasteiger partial charge in [0.15, 0.2) is 0 Å². The Bertz CT molecular complexity index is 403. The van der Waals surface area contributed by atoms with Crippen LogP contribution in [0, 0.1) is 0 Å². The maximum Gasteiger partial charge on any atom is 0.0595 e. The lowest BCUT2D eigenvalue weighted by Gasteiger charge is -2.26. The molecule has 0 radical (unpaired) electrons. The van der Waals surface area contributed by atoms with Gasteiger partial charge < -0.3 is 10.2 Å². The van der Waals surface area contributed by atoms with Crippen LogP contribution in [0.3, 0.4) is 0 Å². The fourth-order valence-corrected chi connectivity index (χ4v) is 2.97. The third-order valence-electron chi connectivity index (χ3n) is 3.84. The molecular formula is C16H24Cl2N2. The Balaban J connectivity index is 1.53. The molecule has 0 saturated carbocycles. The van der Waals surface area contributed by atoms with E-state index in [9.17, 15) is 0 Å². The maximum atomic E-state index is 6.00. The second-order valence-corrected chi connectivity index (χ2v) is 6.35. The van der Waals surface area contributed by atoms with Crippen molar-refractivity contribution < 1.29 is 0 Å². The topological polar surface area (TPSA) is 15.3 Å². The molecule has 0 unspecified atom stereocenters. The van der Waals surface area contributed by atoms with Gasteiger partial charge in [0.2, 0.25) is 0 Å². The van der Waals surface area contributed by atoms with Crippen molar-refractivity contribution in [2.45, 2.75) is 38.6 Å². The summed E-state index contributed by atoms with van der Waals surface area (Å²) in [5.74, 6) is 0. The molecule has 0 aromatic heterocycles. The number of unbranched alkanes of at least 4 members (excludes halogenated alkanes) is 1. The summed E-state index contributed by atoms with van der Waals surface area (Å²) in [5, 5.41) is 4.72. The summed E-state index contributed by atoms with van der Waals surface area (Å²) in [6.07, 6.45) is 6.71. The van der Waals surface area contributed by atoms with E-state index in [-0.39, 0.29) is 0 Å². The number of nitrogens with one attached hydrogen (secondary N) is 1. The van der Waals surface area contributed by atoms with Gasteiger partial charge in [-0.1, -0.05) is 35.7 Å². The molecule has 0 aliphatic carbocycles. The Labute approximate surface area is 132 Å². The first-order chi connectivity index (χ1) is 9.75. The van der Waals surface area contributed by atoms with E-state index in [1.54, 1.807) is 0 Å². The maximum absolute atomic E-state index is 6.00. The van der Waals surface area contributed by atoms with Crippen LogP contribution >= 0.6 is 23.2 Å². The number of benzene rings is 1. The molecular weight excluding hydrogens is 291 g/mol. The highest BCUT2D eigenvalue weighted by atomic mass is 35.5. The van der Waals surface area contributed by atoms with E-state index in [4.69, 9.17) is 23.2 Å². The van der Waals surface area contributed by atoms with Crippen LogP contribution in [0.15, 0.2) is 18.2 Å². The number of hydrogen-bond acceptors (Lipinski definition) is 2. The van der Waals surface area contributed by atoms with Gasteiger partial charge in [-0.25, -0.2) is 0 Å². The van der Waals surface area contributed by atoms with Crippen LogP contribution in [-0.4, -0.2) is 31.1 Å². The van der Waals surface area contributed by atoms with Gasteiger partial charge >= 0.3 is 0 Å². The first-order valence-electron chi connectivity index (χ1n) is 7.63. The Morgan fingerprint density at radius 2 is 1.80 bits per heavy atom. The van der Waals surface area contributed by atoms with Crippen molar-refractivity contribution in [2.24, 2.45) is 0 Å². The molecule has 0 amide bonds. The van der Waals surface area contributed by atoms with Crippen molar-refractivity contribution >= 4 is 23.2 Å². The number of nitrogens with zero attached hydrogens (tertiary/aromatic N) is 1. The molecule has 112 valence electrons. The summed E-state index contributed by atoms with van der Waals surface area (Å²) in [7, 11) is 0. The molecule has 1 aromatic carbocycles. The number of rotatable bonds is 7. The lowest BCUT2D eigenvalue weighted by molar-refractivity contribution is 0.224. The normalized spacial score (nSPS) is 16.5. The van der Waals surface area contributed by atoms with Gasteiger partial charge in [-0.3, -0.25) is 0 Å². The monoisotopic (exact) mass is 314 g/mol. The SMILES string of the molecule is Clc1ccc(CNCCCCN2CCCCC2)cc1Cl. The molecule has 4 heteroatoms. The lowest BCUT2D eigenvalue weighted by atomic mass is 10.1. The van der Waals surface area contributed by atoms with Crippen LogP contribution in [0.25, 0.3) is 0 Å². The summed E-state index contributed by atoms with van der Waals surface area (Å²) in [5.41, 5.74) is 1.19. The average molecular weight is 315 g/mol. The quantitative estimate of drug-likeness (QED) is 0.753. The molecule has 0 atom stereocenters. The minimum Gasteiger partial charge on any atom is -0.313 e. The van der Waals surface area contributed by atoms with E-state index in [2.05, 4.69) is 10.2 Å². The molecule has 1 heterocycles. The van der Waals surface area contributed by atoms with Crippen molar-refractivity contribution in [3.05, 3.63) is 33.8 Å². The Morgan fingerprint density at radius 3 is 2.55 bits per heavy atom. The van der Waals surface area contributed by atoms with Gasteiger partial charge in [-0.2, -0.15) is 0 Å². The van der Waals surface area contributed by atoms with Crippen LogP contribution in [0.1, 0.15) is 37.7 Å². The largest absolute Gasteiger partial charge is 0.313 e. The highest BCUT2D eigenvalue weighted by molar-refractivity contribution is 6.42. The second kappa shape index (κ2) is 8.89. The molecule has 0 spiro atoms. The van der Waals surface area contributed by atoms with Crippen LogP contribution in [-0.2, 0) is 6.54 Å². The average Bonchev–Trinajstić information content (AvgIpc) is 2.47. The molecule has 2 rings (SSSR count). The molecule has 2 nitrogen and oxygen atoms in total. The number of piperidine rings is 1. The number of halogens is 2. The van der Waals surface area contributed by atoms with E-state index in [0.29, 0.717) is 10.0 Å². The van der Waals surface area contributed by atoms with Crippen LogP contribution in [0.5, 0.6) is 0 Å². The van der Waals surface area contributed by atoms with Gasteiger partial charge in [0, 0.05) is 6.54 Å². The highest BCUT2D eigenvalue weighted by Crippen LogP contribution is 2.22. The summed E-state index contributed by atoms with van der Waals surface area (Å²) in [4.78, 5) is 2.60. The van der Waals surface area contributed by atoms with E-state index in [1.165, 1.54) is 57.3 Å². The molecule has 0 bridgehead atoms. The van der Waals surface area contributed by atoms with Crippen molar-refractivity contribution in [2.75, 3.05) is 26.2 Å². The molecule has 1 aliphatic rings. The minimum atomic E-state index is 0.622. The first-order valence-corrected chi connectivity index (χ1v) is 8.38. The first kappa shape index (κ1) is 16.1. The van der Waals surface area contributed by atoms with Crippen LogP contribution in [0.4, 0.5) is 0 Å². The zero-order chi connectivity index (χ0) is 14.2. The Morgan fingerprint density at radius 1 is 1.00 bits per heavy atom. The Kier molecular flexibility index (Phi) is 7.15. The summed E-state index contributed by atoms with van der Waals surface area (Å²) >= 11 is 11.9. The van der Waals surface area contributed by atoms with Crippen molar-refractivity contribution in [1.29, 1.82) is 0 Å². The fourth-order valence-electron chi connectivity index (χ4n) is 2.65. The molecule has 1 aliphatic heterocycles. The summed E-state index contributed by atoms with van der Waals surface area (Å²) < 4.78 is 0. The third kappa shape index (κ3) is 5.61. The van der Waals surface area contributed by atoms with Crippen molar-refractivity contribution in [1.82, 2.24) is 10.2 Å². The van der Waals surface area contributed by atoms with E-state index < -0.39 is 0 Å². The van der Waals surface area contributed by atoms with Crippen LogP contribution < -0.4 is 5.32 Å². The smallest absolute Gasteiger partial charge is 0.0595 e. The van der Waals surface area contributed by atoms with Gasteiger partial charge in [0.1, 0.15) is 0 Å². The molecule has 1 saturated heterocycles. The molecule has 1 fully saturated rings. The third-order valence-corrected chi connectivity index (χ3v) is 4.58. The number of likely N-dealkylation sites (tertiary alicyclic amines) is 1. The number of hydrogen-bond donors (Lipinski definition) is 1. The fraction of sp³-hybridized carbons (Fsp3) is 0.625. The molecule has 1 aromatic rings.